The molecule has 8 atom stereocenters. The van der Waals surface area contributed by atoms with Gasteiger partial charge in [0, 0.05) is 24.9 Å². The molecule has 0 amide bonds. The highest BCUT2D eigenvalue weighted by atomic mass is 16.6. The maximum absolute atomic E-state index is 12.9. The Balaban J connectivity index is 1.13. The highest BCUT2D eigenvalue weighted by molar-refractivity contribution is 5.75. The molecule has 3 aliphatic carbocycles. The van der Waals surface area contributed by atoms with Crippen LogP contribution in [0.2, 0.25) is 0 Å². The fourth-order valence-electron chi connectivity index (χ4n) is 7.88. The first-order valence-electron chi connectivity index (χ1n) is 12.7. The summed E-state index contributed by atoms with van der Waals surface area (Å²) in [5.74, 6) is 2.65. The Morgan fingerprint density at radius 1 is 1.19 bits per heavy atom. The second-order valence-corrected chi connectivity index (χ2v) is 11.4. The first-order valence-corrected chi connectivity index (χ1v) is 12.7. The predicted molar refractivity (Wildman–Crippen MR) is 116 cm³/mol. The van der Waals surface area contributed by atoms with Crippen molar-refractivity contribution in [3.63, 3.8) is 0 Å². The second kappa shape index (κ2) is 7.62. The second-order valence-electron chi connectivity index (χ2n) is 11.4. The zero-order valence-electron chi connectivity index (χ0n) is 18.8. The van der Waals surface area contributed by atoms with Gasteiger partial charge in [0.2, 0.25) is 0 Å². The van der Waals surface area contributed by atoms with E-state index in [0.29, 0.717) is 23.8 Å². The maximum Gasteiger partial charge on any atom is 0.310 e. The van der Waals surface area contributed by atoms with Crippen LogP contribution in [0.3, 0.4) is 0 Å². The van der Waals surface area contributed by atoms with Gasteiger partial charge in [-0.3, -0.25) is 4.79 Å². The molecule has 8 unspecified atom stereocenters. The molecule has 2 saturated heterocycles. The van der Waals surface area contributed by atoms with Crippen LogP contribution in [0.4, 0.5) is 0 Å². The van der Waals surface area contributed by atoms with Crippen molar-refractivity contribution in [3.8, 4) is 0 Å². The van der Waals surface area contributed by atoms with Crippen LogP contribution >= 0.6 is 0 Å². The third kappa shape index (κ3) is 3.56. The van der Waals surface area contributed by atoms with Crippen molar-refractivity contribution >= 4 is 5.97 Å². The number of epoxide rings is 1. The monoisotopic (exact) mass is 427 g/mol. The largest absolute Gasteiger partial charge is 0.469 e. The fourth-order valence-corrected chi connectivity index (χ4v) is 7.88. The van der Waals surface area contributed by atoms with Gasteiger partial charge in [0.25, 0.3) is 0 Å². The predicted octanol–water partition coefficient (Wildman–Crippen LogP) is 4.50. The third-order valence-corrected chi connectivity index (χ3v) is 9.63. The van der Waals surface area contributed by atoms with Gasteiger partial charge in [-0.2, -0.15) is 0 Å². The molecule has 3 heterocycles. The van der Waals surface area contributed by atoms with Crippen LogP contribution in [0.25, 0.3) is 0 Å². The molecule has 5 fully saturated rings. The highest BCUT2D eigenvalue weighted by Gasteiger charge is 2.65. The van der Waals surface area contributed by atoms with Crippen molar-refractivity contribution in [2.75, 3.05) is 13.2 Å². The highest BCUT2D eigenvalue weighted by Crippen LogP contribution is 2.62. The van der Waals surface area contributed by atoms with Gasteiger partial charge in [-0.1, -0.05) is 19.8 Å². The average molecular weight is 428 g/mol. The molecule has 5 heteroatoms. The Hall–Kier alpha value is -1.33. The van der Waals surface area contributed by atoms with Crippen molar-refractivity contribution in [2.24, 2.45) is 29.1 Å². The number of esters is 1. The molecule has 0 bridgehead atoms. The van der Waals surface area contributed by atoms with E-state index in [1.165, 1.54) is 44.9 Å². The summed E-state index contributed by atoms with van der Waals surface area (Å²) in [6.45, 7) is 4.12. The minimum atomic E-state index is -0.00142. The van der Waals surface area contributed by atoms with E-state index in [1.54, 1.807) is 6.26 Å². The SMILES string of the molecule is CC12CCCC3(CO3)C1CC1C(C2)OC(=O)C1CNC1CCCCC1Cc1ccco1. The van der Waals surface area contributed by atoms with Gasteiger partial charge in [0.05, 0.1) is 24.4 Å². The van der Waals surface area contributed by atoms with E-state index in [2.05, 4.69) is 18.3 Å². The molecule has 5 aliphatic rings. The van der Waals surface area contributed by atoms with E-state index >= 15 is 0 Å². The Labute approximate surface area is 185 Å². The lowest BCUT2D eigenvalue weighted by Crippen LogP contribution is -2.51. The molecule has 1 N–H and O–H groups in total. The Kier molecular flexibility index (Phi) is 4.99. The lowest BCUT2D eigenvalue weighted by molar-refractivity contribution is -0.147. The quantitative estimate of drug-likeness (QED) is 0.554. The first kappa shape index (κ1) is 20.3. The zero-order valence-corrected chi connectivity index (χ0v) is 18.8. The number of hydrogen-bond acceptors (Lipinski definition) is 5. The van der Waals surface area contributed by atoms with Gasteiger partial charge < -0.3 is 19.2 Å². The summed E-state index contributed by atoms with van der Waals surface area (Å²) in [5.41, 5.74) is 0.398. The minimum Gasteiger partial charge on any atom is -0.469 e. The van der Waals surface area contributed by atoms with Crippen LogP contribution in [0.1, 0.15) is 70.5 Å². The van der Waals surface area contributed by atoms with E-state index in [0.717, 1.165) is 38.2 Å². The topological polar surface area (TPSA) is 64.0 Å². The molecule has 170 valence electrons. The van der Waals surface area contributed by atoms with Crippen LogP contribution in [0, 0.1) is 29.1 Å². The summed E-state index contributed by atoms with van der Waals surface area (Å²) >= 11 is 0. The Morgan fingerprint density at radius 3 is 2.87 bits per heavy atom. The molecule has 2 aliphatic heterocycles. The Morgan fingerprint density at radius 2 is 2.06 bits per heavy atom. The fraction of sp³-hybridized carbons (Fsp3) is 0.808. The number of rotatable bonds is 5. The zero-order chi connectivity index (χ0) is 21.1. The van der Waals surface area contributed by atoms with E-state index in [-0.39, 0.29) is 29.0 Å². The van der Waals surface area contributed by atoms with E-state index in [9.17, 15) is 4.79 Å². The van der Waals surface area contributed by atoms with Crippen molar-refractivity contribution in [2.45, 2.75) is 88.9 Å². The summed E-state index contributed by atoms with van der Waals surface area (Å²) in [6, 6.07) is 4.53. The molecule has 1 spiro atoms. The summed E-state index contributed by atoms with van der Waals surface area (Å²) in [7, 11) is 0. The van der Waals surface area contributed by atoms with Crippen LogP contribution in [0.5, 0.6) is 0 Å². The number of furan rings is 1. The number of nitrogens with one attached hydrogen (secondary N) is 1. The number of carbonyl (C=O) groups is 1. The number of fused-ring (bicyclic) bond motifs is 3. The van der Waals surface area contributed by atoms with Crippen LogP contribution in [-0.4, -0.2) is 36.9 Å². The van der Waals surface area contributed by atoms with Crippen LogP contribution < -0.4 is 5.32 Å². The van der Waals surface area contributed by atoms with Crippen LogP contribution in [-0.2, 0) is 20.7 Å². The normalized spacial score (nSPS) is 46.4. The van der Waals surface area contributed by atoms with E-state index in [4.69, 9.17) is 13.9 Å². The summed E-state index contributed by atoms with van der Waals surface area (Å²) in [6.07, 6.45) is 13.7. The number of hydrogen-bond donors (Lipinski definition) is 1. The number of ether oxygens (including phenoxy) is 2. The molecule has 1 aromatic rings. The van der Waals surface area contributed by atoms with Crippen molar-refractivity contribution in [1.82, 2.24) is 5.32 Å². The molecular formula is C26H37NO4. The summed E-state index contributed by atoms with van der Waals surface area (Å²) in [5, 5.41) is 3.83. The van der Waals surface area contributed by atoms with Gasteiger partial charge in [-0.15, -0.1) is 0 Å². The van der Waals surface area contributed by atoms with Gasteiger partial charge in [-0.05, 0) is 74.3 Å². The maximum atomic E-state index is 12.9. The molecule has 31 heavy (non-hydrogen) atoms. The average Bonchev–Trinajstić information content (AvgIpc) is 3.19. The summed E-state index contributed by atoms with van der Waals surface area (Å²) in [4.78, 5) is 12.9. The lowest BCUT2D eigenvalue weighted by Gasteiger charge is -2.51. The number of carbonyl (C=O) groups excluding carboxylic acids is 1. The van der Waals surface area contributed by atoms with Crippen LogP contribution in [0.15, 0.2) is 22.8 Å². The molecule has 1 aromatic heterocycles. The van der Waals surface area contributed by atoms with Gasteiger partial charge in [0.15, 0.2) is 0 Å². The molecule has 5 nitrogen and oxygen atoms in total. The Bertz CT molecular complexity index is 802. The first-order chi connectivity index (χ1) is 15.1. The van der Waals surface area contributed by atoms with Crippen molar-refractivity contribution < 1.29 is 18.7 Å². The van der Waals surface area contributed by atoms with E-state index < -0.39 is 0 Å². The van der Waals surface area contributed by atoms with Gasteiger partial charge in [0.1, 0.15) is 11.9 Å². The molecule has 0 radical (unpaired) electrons. The molecular weight excluding hydrogens is 390 g/mol. The van der Waals surface area contributed by atoms with Crippen molar-refractivity contribution in [3.05, 3.63) is 24.2 Å². The lowest BCUT2D eigenvalue weighted by atomic mass is 9.53. The van der Waals surface area contributed by atoms with Gasteiger partial charge >= 0.3 is 5.97 Å². The summed E-state index contributed by atoms with van der Waals surface area (Å²) < 4.78 is 17.7. The van der Waals surface area contributed by atoms with E-state index in [1.807, 2.05) is 6.07 Å². The van der Waals surface area contributed by atoms with Gasteiger partial charge in [-0.25, -0.2) is 0 Å². The standard InChI is InChI=1S/C26H37NO4/c1-25-9-5-10-26(16-30-26)23(25)13-19-20(24(28)31-22(19)14-25)15-27-21-8-3-2-6-17(21)12-18-7-4-11-29-18/h4,7,11,17,19-23,27H,2-3,5-6,8-10,12-16H2,1H3. The molecule has 3 saturated carbocycles. The minimum absolute atomic E-state index is 0.00142. The molecule has 6 rings (SSSR count). The smallest absolute Gasteiger partial charge is 0.310 e. The third-order valence-electron chi connectivity index (χ3n) is 9.63. The molecule has 0 aromatic carbocycles. The van der Waals surface area contributed by atoms with Crippen molar-refractivity contribution in [1.29, 1.82) is 0 Å².